The highest BCUT2D eigenvalue weighted by molar-refractivity contribution is 6.00. The molecule has 11 heavy (non-hydrogen) atoms. The van der Waals surface area contributed by atoms with Crippen LogP contribution in [-0.4, -0.2) is 5.84 Å². The van der Waals surface area contributed by atoms with Crippen LogP contribution >= 0.6 is 0 Å². The summed E-state index contributed by atoms with van der Waals surface area (Å²) < 4.78 is 13.0. The molecule has 0 unspecified atom stereocenters. The maximum Gasteiger partial charge on any atom is 0.134 e. The molecule has 2 N–H and O–H groups in total. The van der Waals surface area contributed by atoms with E-state index in [1.807, 2.05) is 6.07 Å². The Morgan fingerprint density at radius 2 is 2.27 bits per heavy atom. The number of amidine groups is 1. The van der Waals surface area contributed by atoms with E-state index in [2.05, 4.69) is 4.99 Å². The second kappa shape index (κ2) is 2.05. The average Bonchev–Trinajstić information content (AvgIpc) is 2.34. The van der Waals surface area contributed by atoms with Gasteiger partial charge < -0.3 is 5.73 Å². The zero-order valence-corrected chi connectivity index (χ0v) is 5.84. The Morgan fingerprint density at radius 3 is 3.00 bits per heavy atom. The molecule has 0 aliphatic carbocycles. The molecule has 0 amide bonds. The summed E-state index contributed by atoms with van der Waals surface area (Å²) in [5.41, 5.74) is 6.81. The molecule has 0 saturated heterocycles. The van der Waals surface area contributed by atoms with Crippen molar-refractivity contribution < 1.29 is 4.39 Å². The van der Waals surface area contributed by atoms with Crippen molar-refractivity contribution in [1.29, 1.82) is 0 Å². The highest BCUT2D eigenvalue weighted by Gasteiger charge is 2.16. The molecule has 0 saturated carbocycles. The third-order valence-electron chi connectivity index (χ3n) is 1.78. The van der Waals surface area contributed by atoms with Gasteiger partial charge in [-0.25, -0.2) is 4.39 Å². The van der Waals surface area contributed by atoms with E-state index >= 15 is 0 Å². The van der Waals surface area contributed by atoms with Gasteiger partial charge >= 0.3 is 0 Å². The topological polar surface area (TPSA) is 38.4 Å². The minimum Gasteiger partial charge on any atom is -0.383 e. The smallest absolute Gasteiger partial charge is 0.134 e. The third kappa shape index (κ3) is 0.808. The molecule has 1 aromatic rings. The molecule has 1 aliphatic heterocycles. The number of nitrogens with two attached hydrogens (primary N) is 1. The van der Waals surface area contributed by atoms with Crippen LogP contribution in [0.1, 0.15) is 11.1 Å². The second-order valence-electron chi connectivity index (χ2n) is 2.48. The van der Waals surface area contributed by atoms with Gasteiger partial charge in [0.15, 0.2) is 0 Å². The fraction of sp³-hybridized carbons (Fsp3) is 0.125. The van der Waals surface area contributed by atoms with Gasteiger partial charge in [-0.3, -0.25) is 4.99 Å². The Balaban J connectivity index is 2.67. The highest BCUT2D eigenvalue weighted by atomic mass is 19.1. The van der Waals surface area contributed by atoms with Gasteiger partial charge in [0.1, 0.15) is 11.7 Å². The fourth-order valence-electron chi connectivity index (χ4n) is 1.24. The molecule has 3 heteroatoms. The lowest BCUT2D eigenvalue weighted by Crippen LogP contribution is -2.12. The number of fused-ring (bicyclic) bond motifs is 1. The molecule has 0 spiro atoms. The molecule has 0 atom stereocenters. The second-order valence-corrected chi connectivity index (χ2v) is 2.48. The van der Waals surface area contributed by atoms with Gasteiger partial charge in [0, 0.05) is 0 Å². The van der Waals surface area contributed by atoms with Crippen molar-refractivity contribution in [2.45, 2.75) is 6.54 Å². The number of rotatable bonds is 0. The van der Waals surface area contributed by atoms with Gasteiger partial charge in [0.25, 0.3) is 0 Å². The van der Waals surface area contributed by atoms with Crippen LogP contribution in [0.2, 0.25) is 0 Å². The Labute approximate surface area is 63.6 Å². The van der Waals surface area contributed by atoms with Crippen molar-refractivity contribution >= 4 is 5.84 Å². The number of aliphatic imine (C=N–C) groups is 1. The quantitative estimate of drug-likeness (QED) is 0.589. The average molecular weight is 150 g/mol. The van der Waals surface area contributed by atoms with Crippen LogP contribution < -0.4 is 5.73 Å². The van der Waals surface area contributed by atoms with E-state index in [9.17, 15) is 4.39 Å². The molecule has 0 radical (unpaired) electrons. The minimum atomic E-state index is -0.277. The molecule has 1 aromatic carbocycles. The van der Waals surface area contributed by atoms with E-state index in [0.717, 1.165) is 5.56 Å². The zero-order valence-electron chi connectivity index (χ0n) is 5.84. The summed E-state index contributed by atoms with van der Waals surface area (Å²) in [6.07, 6.45) is 0. The van der Waals surface area contributed by atoms with Crippen LogP contribution in [0, 0.1) is 5.82 Å². The minimum absolute atomic E-state index is 0.277. The van der Waals surface area contributed by atoms with Gasteiger partial charge in [0.05, 0.1) is 12.1 Å². The summed E-state index contributed by atoms with van der Waals surface area (Å²) in [5.74, 6) is 0.0411. The van der Waals surface area contributed by atoms with Crippen molar-refractivity contribution in [1.82, 2.24) is 0 Å². The summed E-state index contributed by atoms with van der Waals surface area (Å²) >= 11 is 0. The summed E-state index contributed by atoms with van der Waals surface area (Å²) in [6, 6.07) is 4.90. The summed E-state index contributed by atoms with van der Waals surface area (Å²) in [7, 11) is 0. The monoisotopic (exact) mass is 150 g/mol. The Morgan fingerprint density at radius 1 is 1.45 bits per heavy atom. The first-order valence-electron chi connectivity index (χ1n) is 3.37. The SMILES string of the molecule is NC1=NCc2cccc(F)c21. The van der Waals surface area contributed by atoms with Gasteiger partial charge in [-0.2, -0.15) is 0 Å². The van der Waals surface area contributed by atoms with E-state index in [1.165, 1.54) is 6.07 Å². The lowest BCUT2D eigenvalue weighted by atomic mass is 10.1. The number of hydrogen-bond donors (Lipinski definition) is 1. The zero-order chi connectivity index (χ0) is 7.84. The highest BCUT2D eigenvalue weighted by Crippen LogP contribution is 2.19. The first kappa shape index (κ1) is 6.34. The van der Waals surface area contributed by atoms with Crippen LogP contribution in [-0.2, 0) is 6.54 Å². The summed E-state index contributed by atoms with van der Waals surface area (Å²) in [5, 5.41) is 0. The molecule has 0 aromatic heterocycles. The first-order valence-corrected chi connectivity index (χ1v) is 3.37. The van der Waals surface area contributed by atoms with Gasteiger partial charge in [-0.1, -0.05) is 12.1 Å². The lowest BCUT2D eigenvalue weighted by Gasteiger charge is -1.98. The van der Waals surface area contributed by atoms with Crippen molar-refractivity contribution in [2.24, 2.45) is 10.7 Å². The largest absolute Gasteiger partial charge is 0.383 e. The molecule has 0 bridgehead atoms. The van der Waals surface area contributed by atoms with E-state index in [1.54, 1.807) is 6.07 Å². The number of halogens is 1. The third-order valence-corrected chi connectivity index (χ3v) is 1.78. The Kier molecular flexibility index (Phi) is 1.18. The number of benzene rings is 1. The molecular formula is C8H7FN2. The van der Waals surface area contributed by atoms with Crippen molar-refractivity contribution in [3.8, 4) is 0 Å². The molecule has 2 rings (SSSR count). The fourth-order valence-corrected chi connectivity index (χ4v) is 1.24. The van der Waals surface area contributed by atoms with Gasteiger partial charge in [0.2, 0.25) is 0 Å². The van der Waals surface area contributed by atoms with Crippen molar-refractivity contribution in [2.75, 3.05) is 0 Å². The molecular weight excluding hydrogens is 143 g/mol. The van der Waals surface area contributed by atoms with Crippen molar-refractivity contribution in [3.63, 3.8) is 0 Å². The normalized spacial score (nSPS) is 14.5. The Bertz CT molecular complexity index is 331. The predicted molar refractivity (Wildman–Crippen MR) is 40.8 cm³/mol. The maximum atomic E-state index is 13.0. The predicted octanol–water partition coefficient (Wildman–Crippen LogP) is 1.04. The van der Waals surface area contributed by atoms with Crippen molar-refractivity contribution in [3.05, 3.63) is 35.1 Å². The summed E-state index contributed by atoms with van der Waals surface area (Å²) in [6.45, 7) is 0.513. The van der Waals surface area contributed by atoms with Crippen LogP contribution in [0.25, 0.3) is 0 Å². The van der Waals surface area contributed by atoms with E-state index in [4.69, 9.17) is 5.73 Å². The number of nitrogens with zero attached hydrogens (tertiary/aromatic N) is 1. The van der Waals surface area contributed by atoms with E-state index < -0.39 is 0 Å². The Hall–Kier alpha value is -1.38. The lowest BCUT2D eigenvalue weighted by molar-refractivity contribution is 0.624. The molecule has 0 fully saturated rings. The molecule has 1 heterocycles. The standard InChI is InChI=1S/C8H7FN2/c9-6-3-1-2-5-4-11-8(10)7(5)6/h1-3H,4H2,(H2,10,11). The summed E-state index contributed by atoms with van der Waals surface area (Å²) in [4.78, 5) is 3.92. The van der Waals surface area contributed by atoms with E-state index in [-0.39, 0.29) is 5.82 Å². The molecule has 56 valence electrons. The molecule has 2 nitrogen and oxygen atoms in total. The van der Waals surface area contributed by atoms with Crippen LogP contribution in [0.5, 0.6) is 0 Å². The maximum absolute atomic E-state index is 13.0. The molecule has 1 aliphatic rings. The number of hydrogen-bond acceptors (Lipinski definition) is 2. The van der Waals surface area contributed by atoms with Crippen LogP contribution in [0.4, 0.5) is 4.39 Å². The van der Waals surface area contributed by atoms with Crippen LogP contribution in [0.15, 0.2) is 23.2 Å². The van der Waals surface area contributed by atoms with Gasteiger partial charge in [-0.05, 0) is 11.6 Å². The van der Waals surface area contributed by atoms with Crippen LogP contribution in [0.3, 0.4) is 0 Å². The first-order chi connectivity index (χ1) is 5.29. The van der Waals surface area contributed by atoms with E-state index in [0.29, 0.717) is 17.9 Å². The van der Waals surface area contributed by atoms with Gasteiger partial charge in [-0.15, -0.1) is 0 Å².